The Morgan fingerprint density at radius 2 is 2.30 bits per heavy atom. The van der Waals surface area contributed by atoms with Gasteiger partial charge in [-0.3, -0.25) is 4.40 Å². The predicted octanol–water partition coefficient (Wildman–Crippen LogP) is 3.02. The minimum Gasteiger partial charge on any atom is -0.328 e. The third-order valence-corrected chi connectivity index (χ3v) is 3.95. The fraction of sp³-hybridized carbons (Fsp3) is 0.214. The second-order valence-corrected chi connectivity index (χ2v) is 5.38. The molecule has 1 aromatic carbocycles. The van der Waals surface area contributed by atoms with Gasteiger partial charge in [-0.2, -0.15) is 0 Å². The zero-order valence-corrected chi connectivity index (χ0v) is 12.1. The summed E-state index contributed by atoms with van der Waals surface area (Å²) in [5.74, 6) is 0.599. The Morgan fingerprint density at radius 1 is 1.45 bits per heavy atom. The Hall–Kier alpha value is -1.92. The van der Waals surface area contributed by atoms with Crippen LogP contribution in [0.5, 0.6) is 0 Å². The molecule has 0 unspecified atom stereocenters. The number of aromatic nitrogens is 2. The van der Waals surface area contributed by atoms with Gasteiger partial charge in [0.15, 0.2) is 10.8 Å². The van der Waals surface area contributed by atoms with Gasteiger partial charge < -0.3 is 10.2 Å². The summed E-state index contributed by atoms with van der Waals surface area (Å²) >= 11 is 1.59. The van der Waals surface area contributed by atoms with E-state index in [0.717, 1.165) is 22.2 Å². The first kappa shape index (κ1) is 13.1. The number of rotatable bonds is 4. The van der Waals surface area contributed by atoms with Crippen molar-refractivity contribution >= 4 is 27.8 Å². The molecule has 20 heavy (non-hydrogen) atoms. The second kappa shape index (κ2) is 5.22. The maximum absolute atomic E-state index is 13.4. The molecule has 1 N–H and O–H groups in total. The highest BCUT2D eigenvalue weighted by Crippen LogP contribution is 2.29. The molecule has 104 valence electrons. The number of anilines is 2. The molecule has 2 aromatic heterocycles. The number of hydrogen-bond acceptors (Lipinski definition) is 4. The molecule has 0 spiro atoms. The highest BCUT2D eigenvalue weighted by atomic mass is 32.1. The van der Waals surface area contributed by atoms with Crippen molar-refractivity contribution in [3.05, 3.63) is 47.4 Å². The van der Waals surface area contributed by atoms with Crippen LogP contribution in [0.1, 0.15) is 5.69 Å². The standard InChI is InChI=1S/C14H15FN4S/c1-16-9-12-13(17-14-19(12)6-7-20-14)18(2)11-5-3-4-10(15)8-11/h3-8,16H,9H2,1-2H3. The summed E-state index contributed by atoms with van der Waals surface area (Å²) < 4.78 is 15.4. The van der Waals surface area contributed by atoms with E-state index in [1.54, 1.807) is 17.4 Å². The summed E-state index contributed by atoms with van der Waals surface area (Å²) in [7, 11) is 3.80. The van der Waals surface area contributed by atoms with Gasteiger partial charge in [-0.15, -0.1) is 11.3 Å². The van der Waals surface area contributed by atoms with E-state index in [2.05, 4.69) is 14.7 Å². The lowest BCUT2D eigenvalue weighted by molar-refractivity contribution is 0.628. The number of nitrogens with zero attached hydrogens (tertiary/aromatic N) is 3. The molecule has 4 nitrogen and oxygen atoms in total. The van der Waals surface area contributed by atoms with Gasteiger partial charge in [-0.25, -0.2) is 9.37 Å². The van der Waals surface area contributed by atoms with Gasteiger partial charge in [0.25, 0.3) is 0 Å². The van der Waals surface area contributed by atoms with Gasteiger partial charge in [0.05, 0.1) is 5.69 Å². The van der Waals surface area contributed by atoms with Crippen LogP contribution in [0.2, 0.25) is 0 Å². The Balaban J connectivity index is 2.08. The number of nitrogens with one attached hydrogen (secondary N) is 1. The van der Waals surface area contributed by atoms with Crippen molar-refractivity contribution < 1.29 is 4.39 Å². The minimum absolute atomic E-state index is 0.245. The first-order chi connectivity index (χ1) is 9.70. The average Bonchev–Trinajstić information content (AvgIpc) is 3.01. The van der Waals surface area contributed by atoms with Crippen LogP contribution in [0.4, 0.5) is 15.9 Å². The lowest BCUT2D eigenvalue weighted by atomic mass is 10.2. The van der Waals surface area contributed by atoms with Crippen LogP contribution in [0.25, 0.3) is 4.96 Å². The molecule has 6 heteroatoms. The van der Waals surface area contributed by atoms with E-state index < -0.39 is 0 Å². The zero-order chi connectivity index (χ0) is 14.1. The number of fused-ring (bicyclic) bond motifs is 1. The third kappa shape index (κ3) is 2.17. The number of imidazole rings is 1. The number of benzene rings is 1. The van der Waals surface area contributed by atoms with Crippen LogP contribution >= 0.6 is 11.3 Å². The third-order valence-electron chi connectivity index (χ3n) is 3.20. The monoisotopic (exact) mass is 290 g/mol. The first-order valence-corrected chi connectivity index (χ1v) is 7.17. The highest BCUT2D eigenvalue weighted by molar-refractivity contribution is 7.15. The topological polar surface area (TPSA) is 32.6 Å². The van der Waals surface area contributed by atoms with Gasteiger partial charge in [0.2, 0.25) is 0 Å². The molecule has 0 bridgehead atoms. The van der Waals surface area contributed by atoms with E-state index in [4.69, 9.17) is 0 Å². The molecule has 3 rings (SSSR count). The van der Waals surface area contributed by atoms with Gasteiger partial charge in [0.1, 0.15) is 5.82 Å². The lowest BCUT2D eigenvalue weighted by Crippen LogP contribution is -2.15. The molecule has 0 amide bonds. The minimum atomic E-state index is -0.245. The SMILES string of the molecule is CNCc1c(N(C)c2cccc(F)c2)nc2sccn12. The van der Waals surface area contributed by atoms with Crippen molar-refractivity contribution in [2.75, 3.05) is 19.0 Å². The Kier molecular flexibility index (Phi) is 3.42. The lowest BCUT2D eigenvalue weighted by Gasteiger charge is -2.18. The molecule has 3 aromatic rings. The van der Waals surface area contributed by atoms with Crippen LogP contribution in [-0.4, -0.2) is 23.5 Å². The molecule has 0 radical (unpaired) electrons. The summed E-state index contributed by atoms with van der Waals surface area (Å²) in [4.78, 5) is 7.49. The van der Waals surface area contributed by atoms with Gasteiger partial charge in [0, 0.05) is 30.9 Å². The maximum Gasteiger partial charge on any atom is 0.195 e. The fourth-order valence-corrected chi connectivity index (χ4v) is 2.96. The normalized spacial score (nSPS) is 11.2. The molecule has 0 saturated carbocycles. The molecule has 2 heterocycles. The van der Waals surface area contributed by atoms with Crippen molar-refractivity contribution in [2.45, 2.75) is 6.54 Å². The summed E-state index contributed by atoms with van der Waals surface area (Å²) in [6.45, 7) is 0.701. The average molecular weight is 290 g/mol. The molecule has 0 aliphatic rings. The van der Waals surface area contributed by atoms with Crippen LogP contribution in [0.15, 0.2) is 35.8 Å². The molecule has 0 aliphatic carbocycles. The second-order valence-electron chi connectivity index (χ2n) is 4.51. The largest absolute Gasteiger partial charge is 0.328 e. The molecule has 0 saturated heterocycles. The highest BCUT2D eigenvalue weighted by Gasteiger charge is 2.17. The molecule has 0 atom stereocenters. The Bertz CT molecular complexity index is 734. The smallest absolute Gasteiger partial charge is 0.195 e. The fourth-order valence-electron chi connectivity index (χ4n) is 2.23. The van der Waals surface area contributed by atoms with Crippen molar-refractivity contribution in [2.24, 2.45) is 0 Å². The van der Waals surface area contributed by atoms with E-state index in [0.29, 0.717) is 6.54 Å². The zero-order valence-electron chi connectivity index (χ0n) is 11.3. The molecule has 0 aliphatic heterocycles. The summed E-state index contributed by atoms with van der Waals surface area (Å²) in [5.41, 5.74) is 1.85. The summed E-state index contributed by atoms with van der Waals surface area (Å²) in [5, 5.41) is 5.16. The van der Waals surface area contributed by atoms with Crippen molar-refractivity contribution in [1.82, 2.24) is 14.7 Å². The van der Waals surface area contributed by atoms with Crippen molar-refractivity contribution in [1.29, 1.82) is 0 Å². The summed E-state index contributed by atoms with van der Waals surface area (Å²) in [6.07, 6.45) is 2.00. The van der Waals surface area contributed by atoms with Crippen LogP contribution in [0.3, 0.4) is 0 Å². The molecular formula is C14H15FN4S. The molecule has 0 fully saturated rings. The van der Waals surface area contributed by atoms with Crippen molar-refractivity contribution in [3.8, 4) is 0 Å². The molecular weight excluding hydrogens is 275 g/mol. The van der Waals surface area contributed by atoms with E-state index in [-0.39, 0.29) is 5.82 Å². The maximum atomic E-state index is 13.4. The van der Waals surface area contributed by atoms with Gasteiger partial charge >= 0.3 is 0 Å². The van der Waals surface area contributed by atoms with Crippen LogP contribution < -0.4 is 10.2 Å². The van der Waals surface area contributed by atoms with Crippen LogP contribution in [-0.2, 0) is 6.54 Å². The van der Waals surface area contributed by atoms with E-state index >= 15 is 0 Å². The Morgan fingerprint density at radius 3 is 3.05 bits per heavy atom. The van der Waals surface area contributed by atoms with Gasteiger partial charge in [-0.1, -0.05) is 6.07 Å². The number of hydrogen-bond donors (Lipinski definition) is 1. The first-order valence-electron chi connectivity index (χ1n) is 6.29. The van der Waals surface area contributed by atoms with E-state index in [1.807, 2.05) is 36.6 Å². The quantitative estimate of drug-likeness (QED) is 0.801. The number of thiazole rings is 1. The van der Waals surface area contributed by atoms with E-state index in [1.165, 1.54) is 12.1 Å². The van der Waals surface area contributed by atoms with Crippen molar-refractivity contribution in [3.63, 3.8) is 0 Å². The Labute approximate surface area is 120 Å². The van der Waals surface area contributed by atoms with Crippen LogP contribution in [0, 0.1) is 5.82 Å². The van der Waals surface area contributed by atoms with Gasteiger partial charge in [-0.05, 0) is 25.2 Å². The number of halogens is 1. The van der Waals surface area contributed by atoms with E-state index in [9.17, 15) is 4.39 Å². The summed E-state index contributed by atoms with van der Waals surface area (Å²) in [6, 6.07) is 6.53. The predicted molar refractivity (Wildman–Crippen MR) is 80.3 cm³/mol.